The quantitative estimate of drug-likeness (QED) is 0.837. The van der Waals surface area contributed by atoms with Crippen molar-refractivity contribution < 1.29 is 14.3 Å². The lowest BCUT2D eigenvalue weighted by atomic mass is 9.86. The summed E-state index contributed by atoms with van der Waals surface area (Å²) in [4.78, 5) is 11.7. The Morgan fingerprint density at radius 2 is 1.76 bits per heavy atom. The van der Waals surface area contributed by atoms with Crippen molar-refractivity contribution in [3.8, 4) is 0 Å². The number of carbonyl (C=O) groups is 1. The van der Waals surface area contributed by atoms with E-state index in [1.54, 1.807) is 0 Å². The van der Waals surface area contributed by atoms with Gasteiger partial charge in [0.1, 0.15) is 5.60 Å². The number of rotatable bonds is 4. The van der Waals surface area contributed by atoms with Gasteiger partial charge in [0.05, 0.1) is 13.2 Å². The SMILES string of the molecule is CC1(CNC2CCC(NC(=O)OC(C)(C)C)CC2)COC1. The van der Waals surface area contributed by atoms with E-state index in [9.17, 15) is 4.79 Å². The summed E-state index contributed by atoms with van der Waals surface area (Å²) in [6, 6.07) is 0.819. The highest BCUT2D eigenvalue weighted by atomic mass is 16.6. The number of alkyl carbamates (subject to hydrolysis) is 1. The van der Waals surface area contributed by atoms with E-state index in [1.165, 1.54) is 0 Å². The molecule has 5 heteroatoms. The molecule has 1 aliphatic heterocycles. The first kappa shape index (κ1) is 16.6. The second kappa shape index (κ2) is 6.53. The Hall–Kier alpha value is -0.810. The number of hydrogen-bond donors (Lipinski definition) is 2. The zero-order valence-corrected chi connectivity index (χ0v) is 13.8. The third kappa shape index (κ3) is 5.47. The van der Waals surface area contributed by atoms with Crippen molar-refractivity contribution in [2.24, 2.45) is 5.41 Å². The number of nitrogens with one attached hydrogen (secondary N) is 2. The smallest absolute Gasteiger partial charge is 0.407 e. The molecule has 1 heterocycles. The summed E-state index contributed by atoms with van der Waals surface area (Å²) in [6.45, 7) is 10.7. The molecule has 1 amide bonds. The van der Waals surface area contributed by atoms with Crippen molar-refractivity contribution >= 4 is 6.09 Å². The first-order valence-electron chi connectivity index (χ1n) is 8.06. The van der Waals surface area contributed by atoms with Crippen LogP contribution in [0.15, 0.2) is 0 Å². The Morgan fingerprint density at radius 3 is 2.24 bits per heavy atom. The van der Waals surface area contributed by atoms with E-state index in [0.717, 1.165) is 45.4 Å². The van der Waals surface area contributed by atoms with E-state index in [0.29, 0.717) is 11.5 Å². The summed E-state index contributed by atoms with van der Waals surface area (Å²) in [5.41, 5.74) is -0.102. The lowest BCUT2D eigenvalue weighted by molar-refractivity contribution is -0.100. The first-order valence-corrected chi connectivity index (χ1v) is 8.06. The van der Waals surface area contributed by atoms with Crippen LogP contribution >= 0.6 is 0 Å². The molecular weight excluding hydrogens is 268 g/mol. The van der Waals surface area contributed by atoms with Crippen molar-refractivity contribution in [3.63, 3.8) is 0 Å². The minimum absolute atomic E-state index is 0.250. The zero-order chi connectivity index (χ0) is 15.5. The molecule has 5 nitrogen and oxygen atoms in total. The van der Waals surface area contributed by atoms with Crippen LogP contribution in [0.2, 0.25) is 0 Å². The maximum Gasteiger partial charge on any atom is 0.407 e. The summed E-state index contributed by atoms with van der Waals surface area (Å²) in [5.74, 6) is 0. The van der Waals surface area contributed by atoms with Gasteiger partial charge in [0.2, 0.25) is 0 Å². The average Bonchev–Trinajstić information content (AvgIpc) is 2.33. The number of carbonyl (C=O) groups excluding carboxylic acids is 1. The maximum absolute atomic E-state index is 11.7. The molecule has 122 valence electrons. The largest absolute Gasteiger partial charge is 0.444 e. The van der Waals surface area contributed by atoms with Gasteiger partial charge in [-0.05, 0) is 46.5 Å². The molecule has 0 spiro atoms. The topological polar surface area (TPSA) is 59.6 Å². The predicted molar refractivity (Wildman–Crippen MR) is 82.3 cm³/mol. The van der Waals surface area contributed by atoms with Gasteiger partial charge >= 0.3 is 6.09 Å². The minimum Gasteiger partial charge on any atom is -0.444 e. The van der Waals surface area contributed by atoms with Gasteiger partial charge < -0.3 is 20.1 Å². The van der Waals surface area contributed by atoms with E-state index in [-0.39, 0.29) is 12.1 Å². The van der Waals surface area contributed by atoms with E-state index in [2.05, 4.69) is 17.6 Å². The van der Waals surface area contributed by atoms with Crippen LogP contribution < -0.4 is 10.6 Å². The highest BCUT2D eigenvalue weighted by molar-refractivity contribution is 5.68. The van der Waals surface area contributed by atoms with Crippen LogP contribution in [-0.4, -0.2) is 43.5 Å². The molecule has 2 N–H and O–H groups in total. The first-order chi connectivity index (χ1) is 9.76. The van der Waals surface area contributed by atoms with Crippen LogP contribution in [0.4, 0.5) is 4.79 Å². The highest BCUT2D eigenvalue weighted by Gasteiger charge is 2.34. The standard InChI is InChI=1S/C16H30N2O3/c1-15(2,3)21-14(19)18-13-7-5-12(6-8-13)17-9-16(4)10-20-11-16/h12-13,17H,5-11H2,1-4H3,(H,18,19). The fourth-order valence-corrected chi connectivity index (χ4v) is 2.86. The summed E-state index contributed by atoms with van der Waals surface area (Å²) >= 11 is 0. The van der Waals surface area contributed by atoms with Crippen molar-refractivity contribution in [3.05, 3.63) is 0 Å². The van der Waals surface area contributed by atoms with E-state index < -0.39 is 5.60 Å². The zero-order valence-electron chi connectivity index (χ0n) is 13.8. The fourth-order valence-electron chi connectivity index (χ4n) is 2.86. The molecule has 0 radical (unpaired) electrons. The van der Waals surface area contributed by atoms with Crippen LogP contribution in [0, 0.1) is 5.41 Å². The van der Waals surface area contributed by atoms with E-state index in [1.807, 2.05) is 20.8 Å². The second-order valence-electron chi connectivity index (χ2n) is 7.88. The van der Waals surface area contributed by atoms with E-state index in [4.69, 9.17) is 9.47 Å². The lowest BCUT2D eigenvalue weighted by Gasteiger charge is -2.40. The molecule has 1 aliphatic carbocycles. The molecule has 1 saturated carbocycles. The monoisotopic (exact) mass is 298 g/mol. The lowest BCUT2D eigenvalue weighted by Crippen LogP contribution is -2.51. The maximum atomic E-state index is 11.7. The van der Waals surface area contributed by atoms with Gasteiger partial charge in [-0.15, -0.1) is 0 Å². The van der Waals surface area contributed by atoms with E-state index >= 15 is 0 Å². The molecule has 0 bridgehead atoms. The van der Waals surface area contributed by atoms with Crippen LogP contribution in [0.25, 0.3) is 0 Å². The van der Waals surface area contributed by atoms with Gasteiger partial charge in [-0.3, -0.25) is 0 Å². The Balaban J connectivity index is 1.62. The van der Waals surface area contributed by atoms with Gasteiger partial charge in [-0.25, -0.2) is 4.79 Å². The summed E-state index contributed by atoms with van der Waals surface area (Å²) < 4.78 is 10.6. The molecule has 0 aromatic heterocycles. The third-order valence-electron chi connectivity index (χ3n) is 4.17. The Kier molecular flexibility index (Phi) is 5.15. The number of amides is 1. The number of ether oxygens (including phenoxy) is 2. The average molecular weight is 298 g/mol. The Labute approximate surface area is 128 Å². The second-order valence-corrected chi connectivity index (χ2v) is 7.88. The van der Waals surface area contributed by atoms with Crippen molar-refractivity contribution in [1.82, 2.24) is 10.6 Å². The van der Waals surface area contributed by atoms with Gasteiger partial charge in [0, 0.05) is 24.0 Å². The van der Waals surface area contributed by atoms with Gasteiger partial charge in [-0.1, -0.05) is 6.92 Å². The number of hydrogen-bond acceptors (Lipinski definition) is 4. The van der Waals surface area contributed by atoms with Crippen LogP contribution in [0.3, 0.4) is 0 Å². The van der Waals surface area contributed by atoms with Crippen LogP contribution in [0.1, 0.15) is 53.4 Å². The Bertz CT molecular complexity index is 353. The molecule has 0 atom stereocenters. The molecule has 1 saturated heterocycles. The van der Waals surface area contributed by atoms with Crippen LogP contribution in [-0.2, 0) is 9.47 Å². The summed E-state index contributed by atoms with van der Waals surface area (Å²) in [6.07, 6.45) is 3.96. The van der Waals surface area contributed by atoms with Gasteiger partial charge in [-0.2, -0.15) is 0 Å². The summed E-state index contributed by atoms with van der Waals surface area (Å²) in [7, 11) is 0. The molecule has 2 fully saturated rings. The molecule has 21 heavy (non-hydrogen) atoms. The fraction of sp³-hybridized carbons (Fsp3) is 0.938. The predicted octanol–water partition coefficient (Wildman–Crippen LogP) is 2.45. The Morgan fingerprint density at radius 1 is 1.19 bits per heavy atom. The molecule has 0 aromatic rings. The van der Waals surface area contributed by atoms with Crippen LogP contribution in [0.5, 0.6) is 0 Å². The third-order valence-corrected chi connectivity index (χ3v) is 4.17. The van der Waals surface area contributed by atoms with Crippen molar-refractivity contribution in [2.75, 3.05) is 19.8 Å². The van der Waals surface area contributed by atoms with Crippen molar-refractivity contribution in [1.29, 1.82) is 0 Å². The summed E-state index contributed by atoms with van der Waals surface area (Å²) in [5, 5.41) is 6.63. The normalized spacial score (nSPS) is 28.6. The molecule has 2 rings (SSSR count). The van der Waals surface area contributed by atoms with Gasteiger partial charge in [0.25, 0.3) is 0 Å². The molecular formula is C16H30N2O3. The van der Waals surface area contributed by atoms with Gasteiger partial charge in [0.15, 0.2) is 0 Å². The van der Waals surface area contributed by atoms with Crippen molar-refractivity contribution in [2.45, 2.75) is 71.1 Å². The molecule has 0 aromatic carbocycles. The minimum atomic E-state index is -0.427. The molecule has 0 unspecified atom stereocenters. The molecule has 2 aliphatic rings. The highest BCUT2D eigenvalue weighted by Crippen LogP contribution is 2.26.